The molecule has 0 amide bonds. The smallest absolute Gasteiger partial charge is 0.228 e. The molecule has 0 saturated carbocycles. The lowest BCUT2D eigenvalue weighted by molar-refractivity contribution is -0.138. The fourth-order valence-electron chi connectivity index (χ4n) is 1.05. The second-order valence-electron chi connectivity index (χ2n) is 2.94. The van der Waals surface area contributed by atoms with Gasteiger partial charge in [0, 0.05) is 0 Å². The summed E-state index contributed by atoms with van der Waals surface area (Å²) in [7, 11) is -4.56. The van der Waals surface area contributed by atoms with Crippen LogP contribution in [0.3, 0.4) is 0 Å². The fourth-order valence-corrected chi connectivity index (χ4v) is 2.26. The van der Waals surface area contributed by atoms with Crippen LogP contribution in [0.4, 0.5) is 13.2 Å². The standard InChI is InChI=1S/C6H12F3NO2S/c1-3-4(2)5(6(7,8)9)13(10,11)12/h4-5H,3H2,1-2H3,(H2,10,11,12). The van der Waals surface area contributed by atoms with E-state index in [0.717, 1.165) is 0 Å². The molecule has 0 aliphatic carbocycles. The maximum atomic E-state index is 12.2. The average Bonchev–Trinajstić information content (AvgIpc) is 1.80. The van der Waals surface area contributed by atoms with Gasteiger partial charge in [-0.2, -0.15) is 13.2 Å². The Morgan fingerprint density at radius 1 is 1.38 bits per heavy atom. The molecule has 2 atom stereocenters. The Morgan fingerprint density at radius 3 is 1.85 bits per heavy atom. The number of hydrogen-bond acceptors (Lipinski definition) is 2. The van der Waals surface area contributed by atoms with Crippen molar-refractivity contribution in [3.05, 3.63) is 0 Å². The molecule has 0 radical (unpaired) electrons. The summed E-state index contributed by atoms with van der Waals surface area (Å²) in [4.78, 5) is 0. The number of halogens is 3. The van der Waals surface area contributed by atoms with E-state index in [0.29, 0.717) is 0 Å². The van der Waals surface area contributed by atoms with Crippen LogP contribution in [0.25, 0.3) is 0 Å². The third-order valence-corrected chi connectivity index (χ3v) is 3.28. The number of alkyl halides is 3. The van der Waals surface area contributed by atoms with Crippen LogP contribution in [-0.4, -0.2) is 19.8 Å². The highest BCUT2D eigenvalue weighted by Gasteiger charge is 2.49. The highest BCUT2D eigenvalue weighted by Crippen LogP contribution is 2.31. The zero-order valence-corrected chi connectivity index (χ0v) is 8.11. The van der Waals surface area contributed by atoms with E-state index < -0.39 is 27.4 Å². The molecule has 2 unspecified atom stereocenters. The maximum Gasteiger partial charge on any atom is 0.407 e. The van der Waals surface area contributed by atoms with Crippen molar-refractivity contribution in [2.45, 2.75) is 31.7 Å². The van der Waals surface area contributed by atoms with Gasteiger partial charge >= 0.3 is 6.18 Å². The summed E-state index contributed by atoms with van der Waals surface area (Å²) in [6, 6.07) is 0. The van der Waals surface area contributed by atoms with Crippen molar-refractivity contribution in [3.8, 4) is 0 Å². The first kappa shape index (κ1) is 12.7. The van der Waals surface area contributed by atoms with Crippen LogP contribution in [0, 0.1) is 5.92 Å². The van der Waals surface area contributed by atoms with Crippen LogP contribution in [-0.2, 0) is 10.0 Å². The summed E-state index contributed by atoms with van der Waals surface area (Å²) in [5.41, 5.74) is 0. The first-order valence-corrected chi connectivity index (χ1v) is 5.30. The summed E-state index contributed by atoms with van der Waals surface area (Å²) in [6.07, 6.45) is -4.68. The zero-order valence-electron chi connectivity index (χ0n) is 7.30. The van der Waals surface area contributed by atoms with E-state index in [1.54, 1.807) is 0 Å². The van der Waals surface area contributed by atoms with Crippen LogP contribution >= 0.6 is 0 Å². The van der Waals surface area contributed by atoms with Gasteiger partial charge in [-0.1, -0.05) is 20.3 Å². The van der Waals surface area contributed by atoms with Gasteiger partial charge in [0.15, 0.2) is 5.25 Å². The van der Waals surface area contributed by atoms with Crippen molar-refractivity contribution in [2.24, 2.45) is 11.1 Å². The van der Waals surface area contributed by atoms with E-state index in [9.17, 15) is 21.6 Å². The monoisotopic (exact) mass is 219 g/mol. The summed E-state index contributed by atoms with van der Waals surface area (Å²) in [6.45, 7) is 2.69. The van der Waals surface area contributed by atoms with Gasteiger partial charge < -0.3 is 0 Å². The minimum Gasteiger partial charge on any atom is -0.228 e. The summed E-state index contributed by atoms with van der Waals surface area (Å²) >= 11 is 0. The van der Waals surface area contributed by atoms with Crippen molar-refractivity contribution >= 4 is 10.0 Å². The largest absolute Gasteiger partial charge is 0.407 e. The molecule has 0 aliphatic heterocycles. The van der Waals surface area contributed by atoms with Crippen molar-refractivity contribution < 1.29 is 21.6 Å². The molecule has 0 aromatic rings. The second kappa shape index (κ2) is 3.83. The predicted octanol–water partition coefficient (Wildman–Crippen LogP) is 1.25. The minimum atomic E-state index is -4.79. The van der Waals surface area contributed by atoms with Crippen LogP contribution in [0.2, 0.25) is 0 Å². The maximum absolute atomic E-state index is 12.2. The quantitative estimate of drug-likeness (QED) is 0.776. The van der Waals surface area contributed by atoms with E-state index in [1.807, 2.05) is 0 Å². The molecule has 2 N–H and O–H groups in total. The molecular formula is C6H12F3NO2S. The van der Waals surface area contributed by atoms with Crippen molar-refractivity contribution in [3.63, 3.8) is 0 Å². The Balaban J connectivity index is 5.01. The predicted molar refractivity (Wildman–Crippen MR) is 42.4 cm³/mol. The lowest BCUT2D eigenvalue weighted by Gasteiger charge is -2.22. The first-order chi connectivity index (χ1) is 5.60. The van der Waals surface area contributed by atoms with Gasteiger partial charge in [-0.15, -0.1) is 0 Å². The minimum absolute atomic E-state index is 0.112. The molecule has 0 rings (SSSR count). The number of sulfonamides is 1. The van der Waals surface area contributed by atoms with Crippen LogP contribution in [0.1, 0.15) is 20.3 Å². The summed E-state index contributed by atoms with van der Waals surface area (Å²) < 4.78 is 57.9. The number of rotatable bonds is 3. The van der Waals surface area contributed by atoms with Gasteiger partial charge in [-0.3, -0.25) is 0 Å². The van der Waals surface area contributed by atoms with Crippen molar-refractivity contribution in [1.82, 2.24) is 0 Å². The first-order valence-electron chi connectivity index (χ1n) is 3.69. The molecule has 0 heterocycles. The molecule has 0 fully saturated rings. The van der Waals surface area contributed by atoms with Crippen LogP contribution in [0.15, 0.2) is 0 Å². The second-order valence-corrected chi connectivity index (χ2v) is 4.62. The molecule has 3 nitrogen and oxygen atoms in total. The van der Waals surface area contributed by atoms with Gasteiger partial charge in [0.25, 0.3) is 0 Å². The van der Waals surface area contributed by atoms with Gasteiger partial charge in [0.05, 0.1) is 0 Å². The third-order valence-electron chi connectivity index (χ3n) is 1.84. The highest BCUT2D eigenvalue weighted by atomic mass is 32.2. The number of primary sulfonamides is 1. The lowest BCUT2D eigenvalue weighted by Crippen LogP contribution is -2.45. The molecule has 80 valence electrons. The topological polar surface area (TPSA) is 60.2 Å². The van der Waals surface area contributed by atoms with Crippen LogP contribution < -0.4 is 5.14 Å². The van der Waals surface area contributed by atoms with Gasteiger partial charge in [0.1, 0.15) is 0 Å². The molecule has 0 saturated heterocycles. The molecule has 13 heavy (non-hydrogen) atoms. The van der Waals surface area contributed by atoms with Crippen molar-refractivity contribution in [2.75, 3.05) is 0 Å². The Labute approximate surface area is 75.2 Å². The normalized spacial score (nSPS) is 18.3. The van der Waals surface area contributed by atoms with Crippen molar-refractivity contribution in [1.29, 1.82) is 0 Å². The van der Waals surface area contributed by atoms with E-state index in [-0.39, 0.29) is 6.42 Å². The average molecular weight is 219 g/mol. The van der Waals surface area contributed by atoms with Gasteiger partial charge in [0.2, 0.25) is 10.0 Å². The van der Waals surface area contributed by atoms with Gasteiger partial charge in [-0.25, -0.2) is 13.6 Å². The summed E-state index contributed by atoms with van der Waals surface area (Å²) in [5, 5.41) is 2.04. The Morgan fingerprint density at radius 2 is 1.77 bits per heavy atom. The lowest BCUT2D eigenvalue weighted by atomic mass is 10.0. The molecule has 0 aromatic carbocycles. The molecular weight excluding hydrogens is 207 g/mol. The number of hydrogen-bond donors (Lipinski definition) is 1. The highest BCUT2D eigenvalue weighted by molar-refractivity contribution is 7.89. The Hall–Kier alpha value is -0.300. The Kier molecular flexibility index (Phi) is 3.74. The zero-order chi connectivity index (χ0) is 10.9. The molecule has 0 aromatic heterocycles. The summed E-state index contributed by atoms with van der Waals surface area (Å²) in [5.74, 6) is -1.02. The van der Waals surface area contributed by atoms with E-state index in [1.165, 1.54) is 13.8 Å². The number of nitrogens with two attached hydrogens (primary N) is 1. The molecule has 0 bridgehead atoms. The van der Waals surface area contributed by atoms with Crippen LogP contribution in [0.5, 0.6) is 0 Å². The van der Waals surface area contributed by atoms with E-state index in [4.69, 9.17) is 0 Å². The van der Waals surface area contributed by atoms with E-state index >= 15 is 0 Å². The molecule has 7 heteroatoms. The van der Waals surface area contributed by atoms with E-state index in [2.05, 4.69) is 5.14 Å². The fraction of sp³-hybridized carbons (Fsp3) is 1.00. The third kappa shape index (κ3) is 3.51. The van der Waals surface area contributed by atoms with Gasteiger partial charge in [-0.05, 0) is 5.92 Å². The SMILES string of the molecule is CCC(C)C(C(F)(F)F)S(N)(=O)=O. The molecule has 0 spiro atoms. The Bertz CT molecular complexity index is 260. The molecule has 0 aliphatic rings.